The van der Waals surface area contributed by atoms with Gasteiger partial charge in [-0.15, -0.1) is 0 Å². The van der Waals surface area contributed by atoms with Gasteiger partial charge in [-0.05, 0) is 49.7 Å². The van der Waals surface area contributed by atoms with Gasteiger partial charge >= 0.3 is 0 Å². The minimum Gasteiger partial charge on any atom is -0.324 e. The molecule has 1 aliphatic rings. The van der Waals surface area contributed by atoms with E-state index in [1.165, 1.54) is 0 Å². The van der Waals surface area contributed by atoms with Crippen LogP contribution in [0.1, 0.15) is 22.7 Å². The van der Waals surface area contributed by atoms with Gasteiger partial charge in [0.05, 0.1) is 0 Å². The topological polar surface area (TPSA) is 48.5 Å². The van der Waals surface area contributed by atoms with Crippen molar-refractivity contribution in [3.8, 4) is 0 Å². The Morgan fingerprint density at radius 2 is 1.64 bits per heavy atom. The number of aromatic nitrogens is 1. The zero-order chi connectivity index (χ0) is 17.8. The number of piperazine rings is 1. The smallest absolute Gasteiger partial charge is 0.246 e. The van der Waals surface area contributed by atoms with Crippen molar-refractivity contribution < 1.29 is 4.79 Å². The predicted octanol–water partition coefficient (Wildman–Crippen LogP) is 2.63. The number of anilines is 1. The van der Waals surface area contributed by atoms with Crippen LogP contribution in [0.5, 0.6) is 0 Å². The number of hydrogen-bond donors (Lipinski definition) is 1. The number of benzene rings is 1. The molecule has 0 bridgehead atoms. The maximum absolute atomic E-state index is 13.2. The number of amides is 1. The molecule has 1 aliphatic heterocycles. The standard InChI is InChI=1S/C20H26N4O/c1-15-5-4-6-16(2)18(15)22-20(25)19(17-7-9-21-10-8-17)24-13-11-23(3)12-14-24/h4-10,19H,11-14H2,1-3H3,(H,22,25). The van der Waals surface area contributed by atoms with Gasteiger partial charge in [0.25, 0.3) is 0 Å². The van der Waals surface area contributed by atoms with E-state index < -0.39 is 0 Å². The Labute approximate surface area is 149 Å². The molecule has 0 aliphatic carbocycles. The predicted molar refractivity (Wildman–Crippen MR) is 101 cm³/mol. The van der Waals surface area contributed by atoms with Crippen molar-refractivity contribution in [2.24, 2.45) is 0 Å². The number of pyridine rings is 1. The minimum absolute atomic E-state index is 0.0214. The zero-order valence-corrected chi connectivity index (χ0v) is 15.2. The third-order valence-electron chi connectivity index (χ3n) is 4.90. The highest BCUT2D eigenvalue weighted by Crippen LogP contribution is 2.26. The summed E-state index contributed by atoms with van der Waals surface area (Å²) < 4.78 is 0. The fraction of sp³-hybridized carbons (Fsp3) is 0.400. The molecule has 1 fully saturated rings. The number of carbonyl (C=O) groups excluding carboxylic acids is 1. The molecular formula is C20H26N4O. The van der Waals surface area contributed by atoms with Crippen molar-refractivity contribution in [1.82, 2.24) is 14.8 Å². The van der Waals surface area contributed by atoms with Crippen LogP contribution in [0, 0.1) is 13.8 Å². The molecule has 2 aromatic rings. The van der Waals surface area contributed by atoms with E-state index in [9.17, 15) is 4.79 Å². The van der Waals surface area contributed by atoms with E-state index in [2.05, 4.69) is 27.1 Å². The largest absolute Gasteiger partial charge is 0.324 e. The van der Waals surface area contributed by atoms with Crippen molar-refractivity contribution >= 4 is 11.6 Å². The number of hydrogen-bond acceptors (Lipinski definition) is 4. The Kier molecular flexibility index (Phi) is 5.46. The number of aryl methyl sites for hydroxylation is 2. The average Bonchev–Trinajstić information content (AvgIpc) is 2.61. The molecule has 1 unspecified atom stereocenters. The van der Waals surface area contributed by atoms with Crippen molar-refractivity contribution in [3.63, 3.8) is 0 Å². The first kappa shape index (κ1) is 17.6. The fourth-order valence-corrected chi connectivity index (χ4v) is 3.36. The Morgan fingerprint density at radius 3 is 2.24 bits per heavy atom. The highest BCUT2D eigenvalue weighted by molar-refractivity contribution is 5.96. The minimum atomic E-state index is -0.296. The molecule has 0 radical (unpaired) electrons. The number of nitrogens with one attached hydrogen (secondary N) is 1. The van der Waals surface area contributed by atoms with Crippen molar-refractivity contribution in [3.05, 3.63) is 59.4 Å². The Bertz CT molecular complexity index is 703. The summed E-state index contributed by atoms with van der Waals surface area (Å²) in [4.78, 5) is 21.9. The van der Waals surface area contributed by atoms with Crippen molar-refractivity contribution in [2.45, 2.75) is 19.9 Å². The maximum Gasteiger partial charge on any atom is 0.246 e. The Balaban J connectivity index is 1.87. The van der Waals surface area contributed by atoms with Gasteiger partial charge in [-0.3, -0.25) is 14.7 Å². The molecule has 1 aromatic heterocycles. The van der Waals surface area contributed by atoms with Gasteiger partial charge in [0.1, 0.15) is 6.04 Å². The van der Waals surface area contributed by atoms with Crippen LogP contribution in [0.2, 0.25) is 0 Å². The normalized spacial score (nSPS) is 17.2. The molecule has 5 nitrogen and oxygen atoms in total. The highest BCUT2D eigenvalue weighted by Gasteiger charge is 2.30. The van der Waals surface area contributed by atoms with Gasteiger partial charge in [-0.1, -0.05) is 18.2 Å². The van der Waals surface area contributed by atoms with E-state index in [4.69, 9.17) is 0 Å². The van der Waals surface area contributed by atoms with Gasteiger partial charge < -0.3 is 10.2 Å². The van der Waals surface area contributed by atoms with Crippen LogP contribution in [0.25, 0.3) is 0 Å². The maximum atomic E-state index is 13.2. The number of para-hydroxylation sites is 1. The lowest BCUT2D eigenvalue weighted by Crippen LogP contribution is -2.48. The quantitative estimate of drug-likeness (QED) is 0.931. The summed E-state index contributed by atoms with van der Waals surface area (Å²) in [6, 6.07) is 9.65. The average molecular weight is 338 g/mol. The van der Waals surface area contributed by atoms with Gasteiger partial charge in [0.15, 0.2) is 0 Å². The monoisotopic (exact) mass is 338 g/mol. The molecule has 2 heterocycles. The Hall–Kier alpha value is -2.24. The van der Waals surface area contributed by atoms with Gasteiger partial charge in [0, 0.05) is 44.3 Å². The third-order valence-corrected chi connectivity index (χ3v) is 4.90. The molecule has 1 aromatic carbocycles. The molecule has 1 amide bonds. The molecule has 1 atom stereocenters. The van der Waals surface area contributed by atoms with E-state index in [0.717, 1.165) is 48.6 Å². The first-order chi connectivity index (χ1) is 12.1. The molecule has 0 saturated carbocycles. The summed E-state index contributed by atoms with van der Waals surface area (Å²) in [6.07, 6.45) is 3.51. The second kappa shape index (κ2) is 7.76. The number of likely N-dealkylation sites (N-methyl/N-ethyl adjacent to an activating group) is 1. The molecule has 1 N–H and O–H groups in total. The third kappa shape index (κ3) is 4.06. The van der Waals surface area contributed by atoms with Crippen LogP contribution >= 0.6 is 0 Å². The number of nitrogens with zero attached hydrogens (tertiary/aromatic N) is 3. The van der Waals surface area contributed by atoms with Crippen LogP contribution in [0.15, 0.2) is 42.7 Å². The van der Waals surface area contributed by atoms with Crippen molar-refractivity contribution in [2.75, 3.05) is 38.5 Å². The first-order valence-corrected chi connectivity index (χ1v) is 8.76. The van der Waals surface area contributed by atoms with Crippen LogP contribution in [0.3, 0.4) is 0 Å². The summed E-state index contributed by atoms with van der Waals surface area (Å²) in [5.74, 6) is 0.0214. The van der Waals surface area contributed by atoms with Crippen LogP contribution < -0.4 is 5.32 Å². The first-order valence-electron chi connectivity index (χ1n) is 8.76. The van der Waals surface area contributed by atoms with Gasteiger partial charge in [0.2, 0.25) is 5.91 Å². The summed E-state index contributed by atoms with van der Waals surface area (Å²) in [6.45, 7) is 7.75. The molecule has 3 rings (SSSR count). The van der Waals surface area contributed by atoms with E-state index in [1.54, 1.807) is 12.4 Å². The van der Waals surface area contributed by atoms with Gasteiger partial charge in [-0.2, -0.15) is 0 Å². The second-order valence-electron chi connectivity index (χ2n) is 6.78. The van der Waals surface area contributed by atoms with E-state index >= 15 is 0 Å². The van der Waals surface area contributed by atoms with E-state index in [1.807, 2.05) is 44.2 Å². The number of carbonyl (C=O) groups is 1. The van der Waals surface area contributed by atoms with Crippen LogP contribution in [-0.4, -0.2) is 53.9 Å². The lowest BCUT2D eigenvalue weighted by atomic mass is 10.0. The lowest BCUT2D eigenvalue weighted by Gasteiger charge is -2.37. The molecule has 0 spiro atoms. The summed E-state index contributed by atoms with van der Waals surface area (Å²) in [7, 11) is 2.12. The summed E-state index contributed by atoms with van der Waals surface area (Å²) in [5, 5.41) is 3.17. The molecule has 25 heavy (non-hydrogen) atoms. The SMILES string of the molecule is Cc1cccc(C)c1NC(=O)C(c1ccncc1)N1CCN(C)CC1. The van der Waals surface area contributed by atoms with Crippen LogP contribution in [0.4, 0.5) is 5.69 Å². The summed E-state index contributed by atoms with van der Waals surface area (Å²) in [5.41, 5.74) is 4.07. The zero-order valence-electron chi connectivity index (χ0n) is 15.2. The van der Waals surface area contributed by atoms with Crippen LogP contribution in [-0.2, 0) is 4.79 Å². The van der Waals surface area contributed by atoms with E-state index in [-0.39, 0.29) is 11.9 Å². The Morgan fingerprint density at radius 1 is 1.04 bits per heavy atom. The molecule has 1 saturated heterocycles. The highest BCUT2D eigenvalue weighted by atomic mass is 16.2. The molecule has 132 valence electrons. The summed E-state index contributed by atoms with van der Waals surface area (Å²) >= 11 is 0. The number of rotatable bonds is 4. The van der Waals surface area contributed by atoms with E-state index in [0.29, 0.717) is 0 Å². The van der Waals surface area contributed by atoms with Crippen molar-refractivity contribution in [1.29, 1.82) is 0 Å². The molecule has 5 heteroatoms. The fourth-order valence-electron chi connectivity index (χ4n) is 3.36. The van der Waals surface area contributed by atoms with Gasteiger partial charge in [-0.25, -0.2) is 0 Å². The lowest BCUT2D eigenvalue weighted by molar-refractivity contribution is -0.122. The molecular weight excluding hydrogens is 312 g/mol. The second-order valence-corrected chi connectivity index (χ2v) is 6.78.